The summed E-state index contributed by atoms with van der Waals surface area (Å²) >= 11 is 0. The fraction of sp³-hybridized carbons (Fsp3) is 0.500. The Kier molecular flexibility index (Phi) is 7.25. The van der Waals surface area contributed by atoms with E-state index in [0.29, 0.717) is 12.3 Å². The van der Waals surface area contributed by atoms with Crippen molar-refractivity contribution in [2.24, 2.45) is 0 Å². The highest BCUT2D eigenvalue weighted by atomic mass is 16.5. The molecular formula is C22H31N3O3. The summed E-state index contributed by atoms with van der Waals surface area (Å²) in [6.45, 7) is 7.41. The molecule has 1 fully saturated rings. The van der Waals surface area contributed by atoms with E-state index in [1.165, 1.54) is 0 Å². The summed E-state index contributed by atoms with van der Waals surface area (Å²) in [5.74, 6) is 1.41. The monoisotopic (exact) mass is 385 g/mol. The number of rotatable bonds is 7. The van der Waals surface area contributed by atoms with Gasteiger partial charge in [-0.15, -0.1) is 0 Å². The van der Waals surface area contributed by atoms with Crippen molar-refractivity contribution < 1.29 is 14.6 Å². The quantitative estimate of drug-likeness (QED) is 0.791. The smallest absolute Gasteiger partial charge is 0.124 e. The Labute approximate surface area is 167 Å². The van der Waals surface area contributed by atoms with E-state index in [-0.39, 0.29) is 0 Å². The first-order valence-electron chi connectivity index (χ1n) is 9.86. The van der Waals surface area contributed by atoms with Gasteiger partial charge in [-0.2, -0.15) is 0 Å². The lowest BCUT2D eigenvalue weighted by Gasteiger charge is -2.25. The largest absolute Gasteiger partial charge is 0.497 e. The Morgan fingerprint density at radius 1 is 1.04 bits per heavy atom. The van der Waals surface area contributed by atoms with Crippen molar-refractivity contribution >= 4 is 0 Å². The third-order valence-electron chi connectivity index (χ3n) is 5.24. The Bertz CT molecular complexity index is 768. The maximum absolute atomic E-state index is 10.8. The van der Waals surface area contributed by atoms with Gasteiger partial charge >= 0.3 is 0 Å². The molecule has 2 heterocycles. The van der Waals surface area contributed by atoms with Gasteiger partial charge in [0.1, 0.15) is 11.5 Å². The highest BCUT2D eigenvalue weighted by molar-refractivity contribution is 5.41. The topological polar surface area (TPSA) is 58.1 Å². The van der Waals surface area contributed by atoms with E-state index in [2.05, 4.69) is 26.9 Å². The third kappa shape index (κ3) is 5.44. The van der Waals surface area contributed by atoms with Crippen LogP contribution in [0.25, 0.3) is 0 Å². The molecule has 0 amide bonds. The zero-order valence-corrected chi connectivity index (χ0v) is 17.1. The molecule has 0 bridgehead atoms. The van der Waals surface area contributed by atoms with Crippen molar-refractivity contribution in [3.63, 3.8) is 0 Å². The third-order valence-corrected chi connectivity index (χ3v) is 5.24. The van der Waals surface area contributed by atoms with Gasteiger partial charge in [0.2, 0.25) is 0 Å². The van der Waals surface area contributed by atoms with Crippen LogP contribution in [0.4, 0.5) is 0 Å². The maximum atomic E-state index is 10.8. The summed E-state index contributed by atoms with van der Waals surface area (Å²) in [6.07, 6.45) is 0.461. The molecule has 0 radical (unpaired) electrons. The number of benzene rings is 1. The van der Waals surface area contributed by atoms with Crippen LogP contribution in [0.3, 0.4) is 0 Å². The molecule has 0 saturated carbocycles. The first-order valence-corrected chi connectivity index (χ1v) is 9.86. The number of aliphatic hydroxyl groups excluding tert-OH is 1. The Morgan fingerprint density at radius 3 is 2.57 bits per heavy atom. The predicted octanol–water partition coefficient (Wildman–Crippen LogP) is 2.65. The van der Waals surface area contributed by atoms with Crippen LogP contribution in [0.1, 0.15) is 29.5 Å². The first kappa shape index (κ1) is 20.6. The Hall–Kier alpha value is -2.15. The van der Waals surface area contributed by atoms with Crippen LogP contribution in [0.15, 0.2) is 36.4 Å². The summed E-state index contributed by atoms with van der Waals surface area (Å²) in [7, 11) is 3.26. The number of ether oxygens (including phenoxy) is 2. The molecule has 1 aromatic heterocycles. The van der Waals surface area contributed by atoms with Crippen molar-refractivity contribution in [1.82, 2.24) is 14.8 Å². The minimum atomic E-state index is -0.616. The number of methoxy groups -OCH3 is 2. The second kappa shape index (κ2) is 9.87. The fourth-order valence-electron chi connectivity index (χ4n) is 3.72. The summed E-state index contributed by atoms with van der Waals surface area (Å²) < 4.78 is 10.7. The van der Waals surface area contributed by atoms with Crippen LogP contribution in [0, 0.1) is 6.92 Å². The molecule has 1 atom stereocenters. The average Bonchev–Trinajstić information content (AvgIpc) is 2.92. The van der Waals surface area contributed by atoms with Crippen LogP contribution in [-0.2, 0) is 6.54 Å². The standard InChI is InChI=1S/C22H31N3O3/c1-17-6-4-7-18(23-17)15-24-10-5-11-25(13-12-24)16-21(26)20-14-19(27-2)8-9-22(20)28-3/h4,6-9,14,21,26H,5,10-13,15-16H2,1-3H3. The molecule has 0 spiro atoms. The molecule has 152 valence electrons. The zero-order valence-electron chi connectivity index (χ0n) is 17.1. The summed E-state index contributed by atoms with van der Waals surface area (Å²) in [5, 5.41) is 10.8. The predicted molar refractivity (Wildman–Crippen MR) is 110 cm³/mol. The molecule has 6 heteroatoms. The van der Waals surface area contributed by atoms with E-state index in [4.69, 9.17) is 9.47 Å². The van der Waals surface area contributed by atoms with E-state index in [0.717, 1.165) is 61.8 Å². The van der Waals surface area contributed by atoms with E-state index in [9.17, 15) is 5.11 Å². The van der Waals surface area contributed by atoms with Crippen molar-refractivity contribution in [3.8, 4) is 11.5 Å². The van der Waals surface area contributed by atoms with Gasteiger partial charge in [0.25, 0.3) is 0 Å². The van der Waals surface area contributed by atoms with Gasteiger partial charge < -0.3 is 14.6 Å². The number of β-amino-alcohol motifs (C(OH)–C–C–N with tert-alkyl or cyclic N) is 1. The van der Waals surface area contributed by atoms with Crippen LogP contribution in [0.5, 0.6) is 11.5 Å². The van der Waals surface area contributed by atoms with E-state index < -0.39 is 6.10 Å². The van der Waals surface area contributed by atoms with Gasteiger partial charge in [-0.05, 0) is 56.8 Å². The number of aryl methyl sites for hydroxylation is 1. The van der Waals surface area contributed by atoms with Gasteiger partial charge in [0, 0.05) is 37.4 Å². The molecule has 2 aromatic rings. The van der Waals surface area contributed by atoms with Crippen molar-refractivity contribution in [3.05, 3.63) is 53.3 Å². The molecule has 1 aromatic carbocycles. The van der Waals surface area contributed by atoms with E-state index >= 15 is 0 Å². The number of hydrogen-bond donors (Lipinski definition) is 1. The Morgan fingerprint density at radius 2 is 1.82 bits per heavy atom. The number of nitrogens with zero attached hydrogens (tertiary/aromatic N) is 3. The minimum absolute atomic E-state index is 0.583. The molecule has 0 aliphatic carbocycles. The summed E-state index contributed by atoms with van der Waals surface area (Å²) in [5.41, 5.74) is 2.95. The van der Waals surface area contributed by atoms with Crippen molar-refractivity contribution in [1.29, 1.82) is 0 Å². The van der Waals surface area contributed by atoms with Crippen LogP contribution >= 0.6 is 0 Å². The van der Waals surface area contributed by atoms with Gasteiger partial charge in [0.15, 0.2) is 0 Å². The lowest BCUT2D eigenvalue weighted by molar-refractivity contribution is 0.112. The van der Waals surface area contributed by atoms with E-state index in [1.54, 1.807) is 14.2 Å². The molecule has 3 rings (SSSR count). The van der Waals surface area contributed by atoms with Gasteiger partial charge in [-0.25, -0.2) is 0 Å². The maximum Gasteiger partial charge on any atom is 0.124 e. The molecule has 1 saturated heterocycles. The van der Waals surface area contributed by atoms with Crippen LogP contribution < -0.4 is 9.47 Å². The van der Waals surface area contributed by atoms with Gasteiger partial charge in [-0.1, -0.05) is 6.07 Å². The summed E-state index contributed by atoms with van der Waals surface area (Å²) in [6, 6.07) is 11.7. The molecule has 28 heavy (non-hydrogen) atoms. The fourth-order valence-corrected chi connectivity index (χ4v) is 3.72. The lowest BCUT2D eigenvalue weighted by atomic mass is 10.1. The second-order valence-corrected chi connectivity index (χ2v) is 7.32. The molecule has 1 N–H and O–H groups in total. The molecule has 1 unspecified atom stereocenters. The van der Waals surface area contributed by atoms with Crippen LogP contribution in [0.2, 0.25) is 0 Å². The Balaban J connectivity index is 1.58. The highest BCUT2D eigenvalue weighted by Gasteiger charge is 2.21. The molecule has 6 nitrogen and oxygen atoms in total. The molecular weight excluding hydrogens is 354 g/mol. The van der Waals surface area contributed by atoms with E-state index in [1.807, 2.05) is 31.2 Å². The number of aliphatic hydroxyl groups is 1. The van der Waals surface area contributed by atoms with Crippen molar-refractivity contribution in [2.45, 2.75) is 26.0 Å². The van der Waals surface area contributed by atoms with Crippen LogP contribution in [-0.4, -0.2) is 66.8 Å². The van der Waals surface area contributed by atoms with Gasteiger partial charge in [-0.3, -0.25) is 14.8 Å². The first-order chi connectivity index (χ1) is 13.6. The number of pyridine rings is 1. The number of hydrogen-bond acceptors (Lipinski definition) is 6. The second-order valence-electron chi connectivity index (χ2n) is 7.32. The molecule has 1 aliphatic rings. The lowest BCUT2D eigenvalue weighted by Crippen LogP contribution is -2.33. The average molecular weight is 386 g/mol. The molecule has 1 aliphatic heterocycles. The SMILES string of the molecule is COc1ccc(OC)c(C(O)CN2CCCN(Cc3cccc(C)n3)CC2)c1. The highest BCUT2D eigenvalue weighted by Crippen LogP contribution is 2.30. The number of aromatic nitrogens is 1. The van der Waals surface area contributed by atoms with Crippen molar-refractivity contribution in [2.75, 3.05) is 46.9 Å². The zero-order chi connectivity index (χ0) is 19.9. The summed E-state index contributed by atoms with van der Waals surface area (Å²) in [4.78, 5) is 9.39. The van der Waals surface area contributed by atoms with Gasteiger partial charge in [0.05, 0.1) is 26.0 Å². The normalized spacial score (nSPS) is 17.1. The minimum Gasteiger partial charge on any atom is -0.497 e.